The summed E-state index contributed by atoms with van der Waals surface area (Å²) >= 11 is 3.35. The summed E-state index contributed by atoms with van der Waals surface area (Å²) in [6.07, 6.45) is 0. The van der Waals surface area contributed by atoms with Crippen LogP contribution in [0.2, 0.25) is 0 Å². The zero-order valence-electron chi connectivity index (χ0n) is 7.17. The monoisotopic (exact) mass is 233 g/mol. The van der Waals surface area contributed by atoms with Gasteiger partial charge in [0.05, 0.1) is 11.0 Å². The van der Waals surface area contributed by atoms with Crippen molar-refractivity contribution in [2.45, 2.75) is 13.2 Å². The SMILES string of the molecule is CN(C)Cc1oc(CO)cc1Br. The highest BCUT2D eigenvalue weighted by atomic mass is 79.9. The minimum Gasteiger partial charge on any atom is -0.461 e. The van der Waals surface area contributed by atoms with Gasteiger partial charge in [-0.05, 0) is 36.1 Å². The topological polar surface area (TPSA) is 36.6 Å². The molecule has 0 saturated carbocycles. The highest BCUT2D eigenvalue weighted by Gasteiger charge is 2.08. The van der Waals surface area contributed by atoms with E-state index in [1.54, 1.807) is 6.07 Å². The second kappa shape index (κ2) is 4.07. The fourth-order valence-corrected chi connectivity index (χ4v) is 1.39. The van der Waals surface area contributed by atoms with Crippen molar-refractivity contribution in [2.75, 3.05) is 14.1 Å². The Kier molecular flexibility index (Phi) is 3.31. The average molecular weight is 234 g/mol. The van der Waals surface area contributed by atoms with Crippen LogP contribution in [0.3, 0.4) is 0 Å². The van der Waals surface area contributed by atoms with E-state index in [0.29, 0.717) is 5.76 Å². The Morgan fingerprint density at radius 3 is 2.67 bits per heavy atom. The van der Waals surface area contributed by atoms with Gasteiger partial charge in [0.25, 0.3) is 0 Å². The molecule has 0 aliphatic rings. The lowest BCUT2D eigenvalue weighted by atomic mass is 10.4. The molecule has 1 aromatic heterocycles. The van der Waals surface area contributed by atoms with Gasteiger partial charge in [-0.15, -0.1) is 0 Å². The van der Waals surface area contributed by atoms with Gasteiger partial charge in [-0.1, -0.05) is 0 Å². The van der Waals surface area contributed by atoms with Crippen molar-refractivity contribution in [1.29, 1.82) is 0 Å². The van der Waals surface area contributed by atoms with Crippen molar-refractivity contribution in [3.63, 3.8) is 0 Å². The predicted octanol–water partition coefficient (Wildman–Crippen LogP) is 1.60. The number of aliphatic hydroxyl groups excluding tert-OH is 1. The first-order valence-corrected chi connectivity index (χ1v) is 4.45. The predicted molar refractivity (Wildman–Crippen MR) is 49.7 cm³/mol. The van der Waals surface area contributed by atoms with E-state index >= 15 is 0 Å². The second-order valence-electron chi connectivity index (χ2n) is 2.88. The summed E-state index contributed by atoms with van der Waals surface area (Å²) < 4.78 is 6.25. The summed E-state index contributed by atoms with van der Waals surface area (Å²) in [5, 5.41) is 8.78. The molecule has 12 heavy (non-hydrogen) atoms. The fraction of sp³-hybridized carbons (Fsp3) is 0.500. The number of halogens is 1. The van der Waals surface area contributed by atoms with Crippen LogP contribution in [0.15, 0.2) is 15.0 Å². The van der Waals surface area contributed by atoms with E-state index in [-0.39, 0.29) is 6.61 Å². The normalized spacial score (nSPS) is 11.1. The first-order valence-electron chi connectivity index (χ1n) is 3.66. The number of aliphatic hydroxyl groups is 1. The number of rotatable bonds is 3. The lowest BCUT2D eigenvalue weighted by Crippen LogP contribution is -2.10. The molecule has 0 atom stereocenters. The van der Waals surface area contributed by atoms with Crippen LogP contribution >= 0.6 is 15.9 Å². The van der Waals surface area contributed by atoms with Gasteiger partial charge in [-0.25, -0.2) is 0 Å². The molecule has 0 aliphatic carbocycles. The van der Waals surface area contributed by atoms with E-state index in [4.69, 9.17) is 9.52 Å². The van der Waals surface area contributed by atoms with E-state index in [0.717, 1.165) is 16.8 Å². The zero-order valence-corrected chi connectivity index (χ0v) is 8.76. The van der Waals surface area contributed by atoms with Crippen LogP contribution in [0, 0.1) is 0 Å². The maximum absolute atomic E-state index is 8.78. The van der Waals surface area contributed by atoms with Gasteiger partial charge >= 0.3 is 0 Å². The molecule has 0 bridgehead atoms. The third kappa shape index (κ3) is 2.33. The summed E-state index contributed by atoms with van der Waals surface area (Å²) in [5.74, 6) is 1.45. The smallest absolute Gasteiger partial charge is 0.132 e. The third-order valence-electron chi connectivity index (χ3n) is 1.42. The van der Waals surface area contributed by atoms with Gasteiger partial charge in [0.15, 0.2) is 0 Å². The molecule has 1 rings (SSSR count). The van der Waals surface area contributed by atoms with Crippen LogP contribution in [-0.2, 0) is 13.2 Å². The molecule has 0 aliphatic heterocycles. The molecule has 1 heterocycles. The summed E-state index contributed by atoms with van der Waals surface area (Å²) in [6, 6.07) is 1.79. The van der Waals surface area contributed by atoms with Crippen LogP contribution in [0.5, 0.6) is 0 Å². The first-order chi connectivity index (χ1) is 5.63. The van der Waals surface area contributed by atoms with E-state index in [2.05, 4.69) is 15.9 Å². The van der Waals surface area contributed by atoms with E-state index in [1.165, 1.54) is 0 Å². The summed E-state index contributed by atoms with van der Waals surface area (Å²) in [7, 11) is 3.93. The minimum absolute atomic E-state index is 0.0496. The maximum Gasteiger partial charge on any atom is 0.132 e. The number of nitrogens with zero attached hydrogens (tertiary/aromatic N) is 1. The molecule has 0 fully saturated rings. The highest BCUT2D eigenvalue weighted by Crippen LogP contribution is 2.22. The molecular formula is C8H12BrNO2. The number of hydrogen-bond acceptors (Lipinski definition) is 3. The summed E-state index contributed by atoms with van der Waals surface area (Å²) in [5.41, 5.74) is 0. The van der Waals surface area contributed by atoms with Crippen LogP contribution < -0.4 is 0 Å². The van der Waals surface area contributed by atoms with Crippen molar-refractivity contribution < 1.29 is 9.52 Å². The Morgan fingerprint density at radius 1 is 1.58 bits per heavy atom. The lowest BCUT2D eigenvalue weighted by molar-refractivity contribution is 0.237. The van der Waals surface area contributed by atoms with Gasteiger partial charge in [0.2, 0.25) is 0 Å². The standard InChI is InChI=1S/C8H12BrNO2/c1-10(2)4-8-7(9)3-6(5-11)12-8/h3,11H,4-5H2,1-2H3. The molecular weight excluding hydrogens is 222 g/mol. The Hall–Kier alpha value is -0.320. The second-order valence-corrected chi connectivity index (χ2v) is 3.73. The number of hydrogen-bond donors (Lipinski definition) is 1. The average Bonchev–Trinajstić information content (AvgIpc) is 2.31. The molecule has 0 radical (unpaired) electrons. The lowest BCUT2D eigenvalue weighted by Gasteiger charge is -2.06. The Labute approximate surface area is 80.1 Å². The minimum atomic E-state index is -0.0496. The van der Waals surface area contributed by atoms with E-state index in [9.17, 15) is 0 Å². The molecule has 0 spiro atoms. The van der Waals surface area contributed by atoms with Gasteiger partial charge < -0.3 is 14.4 Å². The quantitative estimate of drug-likeness (QED) is 0.862. The molecule has 68 valence electrons. The van der Waals surface area contributed by atoms with Crippen LogP contribution in [0.25, 0.3) is 0 Å². The number of furan rings is 1. The van der Waals surface area contributed by atoms with Crippen molar-refractivity contribution in [3.8, 4) is 0 Å². The molecule has 1 N–H and O–H groups in total. The van der Waals surface area contributed by atoms with Crippen LogP contribution in [-0.4, -0.2) is 24.1 Å². The first kappa shape index (κ1) is 9.77. The van der Waals surface area contributed by atoms with Crippen molar-refractivity contribution in [1.82, 2.24) is 4.90 Å². The fourth-order valence-electron chi connectivity index (χ4n) is 0.931. The Balaban J connectivity index is 2.77. The largest absolute Gasteiger partial charge is 0.461 e. The molecule has 0 unspecified atom stereocenters. The molecule has 1 aromatic rings. The zero-order chi connectivity index (χ0) is 9.14. The van der Waals surface area contributed by atoms with Crippen molar-refractivity contribution in [2.24, 2.45) is 0 Å². The van der Waals surface area contributed by atoms with Crippen molar-refractivity contribution in [3.05, 3.63) is 22.1 Å². The van der Waals surface area contributed by atoms with Gasteiger partial charge in [-0.2, -0.15) is 0 Å². The maximum atomic E-state index is 8.78. The molecule has 4 heteroatoms. The molecule has 0 saturated heterocycles. The van der Waals surface area contributed by atoms with Gasteiger partial charge in [-0.3, -0.25) is 0 Å². The van der Waals surface area contributed by atoms with Crippen LogP contribution in [0.1, 0.15) is 11.5 Å². The van der Waals surface area contributed by atoms with Crippen LogP contribution in [0.4, 0.5) is 0 Å². The third-order valence-corrected chi connectivity index (χ3v) is 2.10. The highest BCUT2D eigenvalue weighted by molar-refractivity contribution is 9.10. The summed E-state index contributed by atoms with van der Waals surface area (Å²) in [6.45, 7) is 0.687. The Bertz CT molecular complexity index is 258. The van der Waals surface area contributed by atoms with Gasteiger partial charge in [0.1, 0.15) is 18.1 Å². The van der Waals surface area contributed by atoms with E-state index < -0.39 is 0 Å². The Morgan fingerprint density at radius 2 is 2.25 bits per heavy atom. The van der Waals surface area contributed by atoms with E-state index in [1.807, 2.05) is 19.0 Å². The molecule has 0 aromatic carbocycles. The summed E-state index contributed by atoms with van der Waals surface area (Å²) in [4.78, 5) is 2.00. The molecule has 0 amide bonds. The van der Waals surface area contributed by atoms with Crippen molar-refractivity contribution >= 4 is 15.9 Å². The van der Waals surface area contributed by atoms with Gasteiger partial charge in [0, 0.05) is 0 Å². The molecule has 3 nitrogen and oxygen atoms in total.